The van der Waals surface area contributed by atoms with E-state index >= 15 is 0 Å². The van der Waals surface area contributed by atoms with Crippen LogP contribution in [0.15, 0.2) is 44.4 Å². The Balaban J connectivity index is 0.00000243. The Kier molecular flexibility index (Phi) is 6.24. The lowest BCUT2D eigenvalue weighted by Gasteiger charge is -2.05. The van der Waals surface area contributed by atoms with Crippen LogP contribution in [0.5, 0.6) is 0 Å². The van der Waals surface area contributed by atoms with Crippen LogP contribution < -0.4 is 9.60 Å². The summed E-state index contributed by atoms with van der Waals surface area (Å²) in [5.41, 5.74) is 0.582. The standard InChI is InChI=1S/C15H14N2O6S2.ClH/c1-2-22-14(18)12-6-3-9(23-12)8-16-25(20,21)10-4-5-11-13(7-10)24-15(19)17-11;/h3-7,16H,2,8H2,1H3,(H,17,19);1H. The third kappa shape index (κ3) is 4.33. The number of furan rings is 1. The maximum Gasteiger partial charge on any atom is 0.374 e. The quantitative estimate of drug-likeness (QED) is 0.592. The Morgan fingerprint density at radius 3 is 2.81 bits per heavy atom. The number of H-pyrrole nitrogens is 1. The first-order chi connectivity index (χ1) is 11.9. The summed E-state index contributed by atoms with van der Waals surface area (Å²) >= 11 is 0.935. The van der Waals surface area contributed by atoms with Gasteiger partial charge in [0.1, 0.15) is 5.76 Å². The monoisotopic (exact) mass is 418 g/mol. The van der Waals surface area contributed by atoms with Gasteiger partial charge in [0.15, 0.2) is 0 Å². The molecular formula is C15H15ClN2O6S2. The highest BCUT2D eigenvalue weighted by Crippen LogP contribution is 2.20. The van der Waals surface area contributed by atoms with E-state index in [4.69, 9.17) is 9.15 Å². The second-order valence-electron chi connectivity index (χ2n) is 4.98. The van der Waals surface area contributed by atoms with Crippen LogP contribution in [0.1, 0.15) is 23.2 Å². The van der Waals surface area contributed by atoms with E-state index in [1.54, 1.807) is 6.92 Å². The first kappa shape index (κ1) is 20.2. The summed E-state index contributed by atoms with van der Waals surface area (Å²) in [6.07, 6.45) is 0. The molecule has 3 aromatic rings. The van der Waals surface area contributed by atoms with Crippen LogP contribution in [0.25, 0.3) is 10.2 Å². The summed E-state index contributed by atoms with van der Waals surface area (Å²) < 4.78 is 37.7. The van der Waals surface area contributed by atoms with Gasteiger partial charge in [0.2, 0.25) is 15.8 Å². The van der Waals surface area contributed by atoms with E-state index < -0.39 is 16.0 Å². The number of ether oxygens (including phenoxy) is 1. The summed E-state index contributed by atoms with van der Waals surface area (Å²) in [4.78, 5) is 25.2. The number of esters is 1. The largest absolute Gasteiger partial charge is 0.460 e. The number of aromatic nitrogens is 1. The predicted molar refractivity (Wildman–Crippen MR) is 98.4 cm³/mol. The topological polar surface area (TPSA) is 118 Å². The molecule has 0 radical (unpaired) electrons. The second kappa shape index (κ2) is 8.04. The molecule has 2 heterocycles. The van der Waals surface area contributed by atoms with Crippen LogP contribution in [0.3, 0.4) is 0 Å². The highest BCUT2D eigenvalue weighted by Gasteiger charge is 2.17. The van der Waals surface area contributed by atoms with E-state index in [9.17, 15) is 18.0 Å². The minimum absolute atomic E-state index is 0. The number of hydrogen-bond acceptors (Lipinski definition) is 7. The molecule has 0 spiro atoms. The highest BCUT2D eigenvalue weighted by atomic mass is 35.5. The van der Waals surface area contributed by atoms with Gasteiger partial charge < -0.3 is 14.1 Å². The Bertz CT molecular complexity index is 1080. The van der Waals surface area contributed by atoms with Crippen molar-refractivity contribution in [3.05, 3.63) is 51.5 Å². The number of nitrogens with one attached hydrogen (secondary N) is 2. The van der Waals surface area contributed by atoms with E-state index in [0.717, 1.165) is 11.3 Å². The van der Waals surface area contributed by atoms with Gasteiger partial charge in [-0.05, 0) is 37.3 Å². The number of rotatable bonds is 6. The van der Waals surface area contributed by atoms with Crippen LogP contribution in [0, 0.1) is 0 Å². The van der Waals surface area contributed by atoms with E-state index in [0.29, 0.717) is 10.2 Å². The van der Waals surface area contributed by atoms with Gasteiger partial charge in [-0.3, -0.25) is 4.79 Å². The molecule has 0 amide bonds. The average molecular weight is 419 g/mol. The van der Waals surface area contributed by atoms with Crippen LogP contribution >= 0.6 is 23.7 Å². The van der Waals surface area contributed by atoms with E-state index in [2.05, 4.69) is 9.71 Å². The van der Waals surface area contributed by atoms with Crippen molar-refractivity contribution in [2.45, 2.75) is 18.4 Å². The van der Waals surface area contributed by atoms with Gasteiger partial charge in [-0.1, -0.05) is 11.3 Å². The zero-order valence-corrected chi connectivity index (χ0v) is 15.9. The van der Waals surface area contributed by atoms with Crippen molar-refractivity contribution >= 4 is 50.0 Å². The molecule has 0 unspecified atom stereocenters. The lowest BCUT2D eigenvalue weighted by atomic mass is 10.3. The molecule has 140 valence electrons. The predicted octanol–water partition coefficient (Wildman–Crippen LogP) is 2.26. The minimum Gasteiger partial charge on any atom is -0.460 e. The van der Waals surface area contributed by atoms with Gasteiger partial charge in [-0.25, -0.2) is 17.9 Å². The number of halogens is 1. The first-order valence-corrected chi connectivity index (χ1v) is 9.57. The van der Waals surface area contributed by atoms with Crippen LogP contribution in [0.4, 0.5) is 0 Å². The summed E-state index contributed by atoms with van der Waals surface area (Å²) in [7, 11) is -3.80. The molecule has 0 saturated heterocycles. The van der Waals surface area contributed by atoms with Crippen LogP contribution in [-0.2, 0) is 21.3 Å². The molecule has 0 aliphatic rings. The molecule has 11 heteroatoms. The van der Waals surface area contributed by atoms with Crippen molar-refractivity contribution in [3.63, 3.8) is 0 Å². The molecule has 2 aromatic heterocycles. The van der Waals surface area contributed by atoms with Crippen LogP contribution in [-0.4, -0.2) is 26.0 Å². The smallest absolute Gasteiger partial charge is 0.374 e. The number of aromatic amines is 1. The van der Waals surface area contributed by atoms with Gasteiger partial charge in [0.05, 0.1) is 28.3 Å². The molecule has 26 heavy (non-hydrogen) atoms. The Labute approximate surface area is 158 Å². The maximum atomic E-state index is 12.4. The molecule has 0 fully saturated rings. The van der Waals surface area contributed by atoms with E-state index in [-0.39, 0.29) is 46.8 Å². The molecule has 1 aromatic carbocycles. The molecule has 3 rings (SSSR count). The maximum absolute atomic E-state index is 12.4. The number of hydrogen-bond donors (Lipinski definition) is 2. The number of benzene rings is 1. The van der Waals surface area contributed by atoms with Crippen LogP contribution in [0.2, 0.25) is 0 Å². The SMILES string of the molecule is CCOC(=O)c1ccc(CNS(=O)(=O)c2ccc3[nH]c(=O)sc3c2)o1.Cl. The Morgan fingerprint density at radius 2 is 2.08 bits per heavy atom. The van der Waals surface area contributed by atoms with E-state index in [1.165, 1.54) is 30.3 Å². The lowest BCUT2D eigenvalue weighted by molar-refractivity contribution is 0.0488. The Hall–Kier alpha value is -2.14. The number of sulfonamides is 1. The van der Waals surface area contributed by atoms with Crippen molar-refractivity contribution in [3.8, 4) is 0 Å². The molecule has 0 atom stereocenters. The van der Waals surface area contributed by atoms with Gasteiger partial charge in [-0.2, -0.15) is 0 Å². The third-order valence-electron chi connectivity index (χ3n) is 3.28. The minimum atomic E-state index is -3.80. The normalized spacial score (nSPS) is 11.3. The summed E-state index contributed by atoms with van der Waals surface area (Å²) in [5.74, 6) is -0.321. The zero-order valence-electron chi connectivity index (χ0n) is 13.5. The Morgan fingerprint density at radius 1 is 1.31 bits per heavy atom. The second-order valence-corrected chi connectivity index (χ2v) is 7.77. The molecule has 0 saturated carbocycles. The third-order valence-corrected chi connectivity index (χ3v) is 5.52. The highest BCUT2D eigenvalue weighted by molar-refractivity contribution is 7.89. The molecule has 0 aliphatic carbocycles. The summed E-state index contributed by atoms with van der Waals surface area (Å²) in [6, 6.07) is 7.28. The fourth-order valence-electron chi connectivity index (χ4n) is 2.13. The number of carbonyl (C=O) groups is 1. The molecule has 8 nitrogen and oxygen atoms in total. The summed E-state index contributed by atoms with van der Waals surface area (Å²) in [5, 5.41) is 0. The van der Waals surface area contributed by atoms with Gasteiger partial charge >= 0.3 is 10.8 Å². The number of fused-ring (bicyclic) bond motifs is 1. The number of thiazole rings is 1. The molecule has 2 N–H and O–H groups in total. The number of carbonyl (C=O) groups excluding carboxylic acids is 1. The molecular weight excluding hydrogens is 404 g/mol. The van der Waals surface area contributed by atoms with Crippen molar-refractivity contribution in [1.82, 2.24) is 9.71 Å². The van der Waals surface area contributed by atoms with Crippen molar-refractivity contribution in [1.29, 1.82) is 0 Å². The van der Waals surface area contributed by atoms with Crippen molar-refractivity contribution < 1.29 is 22.4 Å². The van der Waals surface area contributed by atoms with Gasteiger partial charge in [-0.15, -0.1) is 12.4 Å². The summed E-state index contributed by atoms with van der Waals surface area (Å²) in [6.45, 7) is 1.77. The fourth-order valence-corrected chi connectivity index (χ4v) is 4.00. The van der Waals surface area contributed by atoms with Crippen molar-refractivity contribution in [2.75, 3.05) is 6.61 Å². The van der Waals surface area contributed by atoms with Crippen molar-refractivity contribution in [2.24, 2.45) is 0 Å². The first-order valence-electron chi connectivity index (χ1n) is 7.27. The molecule has 0 bridgehead atoms. The molecule has 0 aliphatic heterocycles. The lowest BCUT2D eigenvalue weighted by Crippen LogP contribution is -2.22. The van der Waals surface area contributed by atoms with Gasteiger partial charge in [0, 0.05) is 0 Å². The fraction of sp³-hybridized carbons (Fsp3) is 0.200. The van der Waals surface area contributed by atoms with E-state index in [1.807, 2.05) is 0 Å². The average Bonchev–Trinajstić information content (AvgIpc) is 3.18. The van der Waals surface area contributed by atoms with Gasteiger partial charge in [0.25, 0.3) is 0 Å². The zero-order chi connectivity index (χ0) is 18.0.